The van der Waals surface area contributed by atoms with E-state index < -0.39 is 0 Å². The molecule has 1 N–H and O–H groups in total. The predicted molar refractivity (Wildman–Crippen MR) is 104 cm³/mol. The van der Waals surface area contributed by atoms with Crippen LogP contribution in [0.5, 0.6) is 0 Å². The predicted octanol–water partition coefficient (Wildman–Crippen LogP) is 5.91. The van der Waals surface area contributed by atoms with Crippen molar-refractivity contribution >= 4 is 34.7 Å². The van der Waals surface area contributed by atoms with Gasteiger partial charge >= 0.3 is 0 Å². The molecular formula is C20H19NOS2. The lowest BCUT2D eigenvalue weighted by Crippen LogP contribution is -2.13. The van der Waals surface area contributed by atoms with Crippen LogP contribution in [0.15, 0.2) is 64.9 Å². The average Bonchev–Trinajstić information content (AvgIpc) is 3.10. The summed E-state index contributed by atoms with van der Waals surface area (Å²) in [6, 6.07) is 17.9. The molecule has 1 heterocycles. The van der Waals surface area contributed by atoms with E-state index in [0.29, 0.717) is 0 Å². The maximum atomic E-state index is 12.7. The number of carbonyl (C=O) groups is 1. The number of thiophene rings is 1. The van der Waals surface area contributed by atoms with Gasteiger partial charge in [-0.05, 0) is 60.7 Å². The van der Waals surface area contributed by atoms with Crippen LogP contribution in [0.3, 0.4) is 0 Å². The largest absolute Gasteiger partial charge is 0.322 e. The summed E-state index contributed by atoms with van der Waals surface area (Å²) in [7, 11) is 0. The Morgan fingerprint density at radius 1 is 1.04 bits per heavy atom. The van der Waals surface area contributed by atoms with Gasteiger partial charge in [-0.15, -0.1) is 23.1 Å². The maximum Gasteiger partial charge on any atom is 0.256 e. The van der Waals surface area contributed by atoms with E-state index in [0.717, 1.165) is 21.9 Å². The van der Waals surface area contributed by atoms with Gasteiger partial charge in [0.1, 0.15) is 0 Å². The van der Waals surface area contributed by atoms with E-state index >= 15 is 0 Å². The highest BCUT2D eigenvalue weighted by atomic mass is 32.2. The second kappa shape index (κ2) is 7.69. The fourth-order valence-corrected chi connectivity index (χ4v) is 4.16. The van der Waals surface area contributed by atoms with Crippen LogP contribution in [-0.4, -0.2) is 5.91 Å². The number of nitrogens with one attached hydrogen (secondary N) is 1. The minimum Gasteiger partial charge on any atom is -0.322 e. The molecule has 0 unspecified atom stereocenters. The van der Waals surface area contributed by atoms with Gasteiger partial charge in [-0.25, -0.2) is 0 Å². The minimum atomic E-state index is -0.0625. The lowest BCUT2D eigenvalue weighted by Gasteiger charge is -2.11. The Bertz CT molecular complexity index is 841. The van der Waals surface area contributed by atoms with Crippen molar-refractivity contribution in [1.29, 1.82) is 0 Å². The van der Waals surface area contributed by atoms with Crippen molar-refractivity contribution in [2.24, 2.45) is 0 Å². The van der Waals surface area contributed by atoms with Gasteiger partial charge in [-0.3, -0.25) is 4.79 Å². The van der Waals surface area contributed by atoms with Crippen molar-refractivity contribution in [2.45, 2.75) is 24.5 Å². The Labute approximate surface area is 150 Å². The molecule has 0 fully saturated rings. The molecular weight excluding hydrogens is 334 g/mol. The Morgan fingerprint density at radius 2 is 1.88 bits per heavy atom. The van der Waals surface area contributed by atoms with E-state index in [4.69, 9.17) is 0 Å². The quantitative estimate of drug-likeness (QED) is 0.578. The van der Waals surface area contributed by atoms with Crippen LogP contribution in [0.25, 0.3) is 0 Å². The second-order valence-corrected chi connectivity index (χ2v) is 7.67. The fraction of sp³-hybridized carbons (Fsp3) is 0.150. The van der Waals surface area contributed by atoms with Gasteiger partial charge in [-0.1, -0.05) is 24.3 Å². The number of aryl methyl sites for hydroxylation is 2. The van der Waals surface area contributed by atoms with Crippen molar-refractivity contribution in [2.75, 3.05) is 5.32 Å². The SMILES string of the molecule is Cc1ccc(NC(=O)c2ccccc2SCc2cccs2)cc1C. The third-order valence-corrected chi connectivity index (χ3v) is 6.03. The van der Waals surface area contributed by atoms with Crippen molar-refractivity contribution < 1.29 is 4.79 Å². The lowest BCUT2D eigenvalue weighted by molar-refractivity contribution is 0.102. The van der Waals surface area contributed by atoms with E-state index in [1.807, 2.05) is 42.5 Å². The molecule has 2 aromatic carbocycles. The highest BCUT2D eigenvalue weighted by Gasteiger charge is 2.12. The van der Waals surface area contributed by atoms with Crippen LogP contribution < -0.4 is 5.32 Å². The molecule has 0 saturated carbocycles. The zero-order valence-electron chi connectivity index (χ0n) is 13.7. The molecule has 1 amide bonds. The summed E-state index contributed by atoms with van der Waals surface area (Å²) in [5.41, 5.74) is 3.95. The number of thioether (sulfide) groups is 1. The number of anilines is 1. The Morgan fingerprint density at radius 3 is 2.62 bits per heavy atom. The minimum absolute atomic E-state index is 0.0625. The maximum absolute atomic E-state index is 12.7. The summed E-state index contributed by atoms with van der Waals surface area (Å²) in [5, 5.41) is 5.09. The van der Waals surface area contributed by atoms with Gasteiger partial charge in [-0.2, -0.15) is 0 Å². The van der Waals surface area contributed by atoms with Gasteiger partial charge < -0.3 is 5.32 Å². The first-order chi connectivity index (χ1) is 11.6. The number of rotatable bonds is 5. The molecule has 24 heavy (non-hydrogen) atoms. The molecule has 0 aliphatic heterocycles. The van der Waals surface area contributed by atoms with Crippen LogP contribution in [0, 0.1) is 13.8 Å². The molecule has 0 radical (unpaired) electrons. The third kappa shape index (κ3) is 4.08. The fourth-order valence-electron chi connectivity index (χ4n) is 2.34. The summed E-state index contributed by atoms with van der Waals surface area (Å²) >= 11 is 3.44. The van der Waals surface area contributed by atoms with Gasteiger partial charge in [0.2, 0.25) is 0 Å². The number of benzene rings is 2. The van der Waals surface area contributed by atoms with Crippen molar-refractivity contribution in [3.8, 4) is 0 Å². The van der Waals surface area contributed by atoms with Gasteiger partial charge in [0.05, 0.1) is 5.56 Å². The van der Waals surface area contributed by atoms with Gasteiger partial charge in [0.15, 0.2) is 0 Å². The van der Waals surface area contributed by atoms with Crippen LogP contribution >= 0.6 is 23.1 Å². The van der Waals surface area contributed by atoms with E-state index in [1.165, 1.54) is 16.0 Å². The Hall–Kier alpha value is -2.04. The van der Waals surface area contributed by atoms with Crippen molar-refractivity contribution in [1.82, 2.24) is 0 Å². The number of hydrogen-bond acceptors (Lipinski definition) is 3. The number of amides is 1. The molecule has 3 rings (SSSR count). The Balaban J connectivity index is 1.75. The molecule has 1 aromatic heterocycles. The highest BCUT2D eigenvalue weighted by molar-refractivity contribution is 7.98. The van der Waals surface area contributed by atoms with Crippen molar-refractivity contribution in [3.05, 3.63) is 81.5 Å². The summed E-state index contributed by atoms with van der Waals surface area (Å²) < 4.78 is 0. The molecule has 0 atom stereocenters. The molecule has 0 saturated heterocycles. The first kappa shape index (κ1) is 16.8. The Kier molecular flexibility index (Phi) is 5.38. The number of hydrogen-bond donors (Lipinski definition) is 1. The number of carbonyl (C=O) groups excluding carboxylic acids is 1. The molecule has 122 valence electrons. The van der Waals surface area contributed by atoms with Crippen LogP contribution in [-0.2, 0) is 5.75 Å². The average molecular weight is 354 g/mol. The summed E-state index contributed by atoms with van der Waals surface area (Å²) in [5.74, 6) is 0.818. The van der Waals surface area contributed by atoms with Gasteiger partial charge in [0, 0.05) is 21.2 Å². The molecule has 3 aromatic rings. The summed E-state index contributed by atoms with van der Waals surface area (Å²) in [6.07, 6.45) is 0. The van der Waals surface area contributed by atoms with Crippen molar-refractivity contribution in [3.63, 3.8) is 0 Å². The standard InChI is InChI=1S/C20H19NOS2/c1-14-9-10-16(12-15(14)2)21-20(22)18-7-3-4-8-19(18)24-13-17-6-5-11-23-17/h3-12H,13H2,1-2H3,(H,21,22). The summed E-state index contributed by atoms with van der Waals surface area (Å²) in [4.78, 5) is 15.0. The molecule has 0 bridgehead atoms. The first-order valence-electron chi connectivity index (χ1n) is 7.76. The first-order valence-corrected chi connectivity index (χ1v) is 9.63. The topological polar surface area (TPSA) is 29.1 Å². The molecule has 0 aliphatic rings. The summed E-state index contributed by atoms with van der Waals surface area (Å²) in [6.45, 7) is 4.12. The lowest BCUT2D eigenvalue weighted by atomic mass is 10.1. The third-order valence-electron chi connectivity index (χ3n) is 3.85. The van der Waals surface area contributed by atoms with E-state index in [2.05, 4.69) is 36.7 Å². The second-order valence-electron chi connectivity index (χ2n) is 5.62. The van der Waals surface area contributed by atoms with E-state index in [1.54, 1.807) is 23.1 Å². The van der Waals surface area contributed by atoms with Crippen LogP contribution in [0.4, 0.5) is 5.69 Å². The van der Waals surface area contributed by atoms with Crippen LogP contribution in [0.1, 0.15) is 26.4 Å². The molecule has 0 aliphatic carbocycles. The van der Waals surface area contributed by atoms with E-state index in [9.17, 15) is 4.79 Å². The van der Waals surface area contributed by atoms with Crippen LogP contribution in [0.2, 0.25) is 0 Å². The normalized spacial score (nSPS) is 10.6. The molecule has 0 spiro atoms. The zero-order chi connectivity index (χ0) is 16.9. The smallest absolute Gasteiger partial charge is 0.256 e. The van der Waals surface area contributed by atoms with Gasteiger partial charge in [0.25, 0.3) is 5.91 Å². The monoisotopic (exact) mass is 353 g/mol. The van der Waals surface area contributed by atoms with E-state index in [-0.39, 0.29) is 5.91 Å². The molecule has 4 heteroatoms. The zero-order valence-corrected chi connectivity index (χ0v) is 15.3. The molecule has 2 nitrogen and oxygen atoms in total. The highest BCUT2D eigenvalue weighted by Crippen LogP contribution is 2.28.